The lowest BCUT2D eigenvalue weighted by atomic mass is 9.97. The smallest absolute Gasteiger partial charge is 0.0831 e. The molecule has 1 aliphatic heterocycles. The lowest BCUT2D eigenvalue weighted by molar-refractivity contribution is 0.709. The van der Waals surface area contributed by atoms with Crippen molar-refractivity contribution in [3.05, 3.63) is 130 Å². The van der Waals surface area contributed by atoms with Gasteiger partial charge in [-0.05, 0) is 78.7 Å². The maximum absolute atomic E-state index is 6.17. The average molecular weight is 523 g/mol. The van der Waals surface area contributed by atoms with Crippen LogP contribution >= 0.6 is 23.2 Å². The van der Waals surface area contributed by atoms with Gasteiger partial charge in [0.15, 0.2) is 0 Å². The molecule has 182 valence electrons. The van der Waals surface area contributed by atoms with Gasteiger partial charge in [-0.3, -0.25) is 9.99 Å². The Morgan fingerprint density at radius 2 is 1.62 bits per heavy atom. The summed E-state index contributed by atoms with van der Waals surface area (Å²) in [6.45, 7) is 2.11. The summed E-state index contributed by atoms with van der Waals surface area (Å²) in [5.74, 6) is 0. The van der Waals surface area contributed by atoms with Crippen molar-refractivity contribution in [3.8, 4) is 0 Å². The second-order valence-corrected chi connectivity index (χ2v) is 10.1. The number of fused-ring (bicyclic) bond motifs is 1. The molecule has 2 heterocycles. The van der Waals surface area contributed by atoms with Gasteiger partial charge in [-0.2, -0.15) is 5.10 Å². The first-order chi connectivity index (χ1) is 18.0. The number of rotatable bonds is 5. The van der Waals surface area contributed by atoms with Crippen LogP contribution in [0.15, 0.2) is 108 Å². The Labute approximate surface area is 226 Å². The number of benzene rings is 4. The highest BCUT2D eigenvalue weighted by Crippen LogP contribution is 2.37. The second kappa shape index (κ2) is 9.89. The summed E-state index contributed by atoms with van der Waals surface area (Å²) in [7, 11) is 0. The van der Waals surface area contributed by atoms with Crippen LogP contribution in [0.5, 0.6) is 0 Å². The van der Waals surface area contributed by atoms with Gasteiger partial charge in [0.1, 0.15) is 0 Å². The molecule has 0 amide bonds. The Hall–Kier alpha value is -3.86. The van der Waals surface area contributed by atoms with E-state index in [1.165, 1.54) is 11.1 Å². The number of nitrogens with one attached hydrogen (secondary N) is 1. The molecule has 0 bridgehead atoms. The summed E-state index contributed by atoms with van der Waals surface area (Å²) in [5.41, 5.74) is 8.43. The minimum atomic E-state index is 0.0993. The monoisotopic (exact) mass is 522 g/mol. The molecule has 1 aliphatic rings. The van der Waals surface area contributed by atoms with E-state index in [9.17, 15) is 0 Å². The fraction of sp³-hybridized carbons (Fsp3) is 0.0968. The lowest BCUT2D eigenvalue weighted by Gasteiger charge is -2.24. The first-order valence-electron chi connectivity index (χ1n) is 12.1. The Morgan fingerprint density at radius 1 is 0.838 bits per heavy atom. The summed E-state index contributed by atoms with van der Waals surface area (Å²) >= 11 is 12.3. The van der Waals surface area contributed by atoms with Crippen molar-refractivity contribution in [2.75, 3.05) is 10.3 Å². The van der Waals surface area contributed by atoms with Crippen molar-refractivity contribution in [2.24, 2.45) is 5.10 Å². The molecular formula is C31H24Cl2N4. The molecule has 1 unspecified atom stereocenters. The first kappa shape index (κ1) is 23.5. The summed E-state index contributed by atoms with van der Waals surface area (Å²) in [6, 6.07) is 32.8. The van der Waals surface area contributed by atoms with Gasteiger partial charge in [0, 0.05) is 39.4 Å². The van der Waals surface area contributed by atoms with E-state index in [4.69, 9.17) is 28.3 Å². The lowest BCUT2D eigenvalue weighted by Crippen LogP contribution is -2.18. The van der Waals surface area contributed by atoms with Crippen LogP contribution in [-0.4, -0.2) is 10.7 Å². The number of hydrogen-bond acceptors (Lipinski definition) is 4. The van der Waals surface area contributed by atoms with Gasteiger partial charge >= 0.3 is 0 Å². The highest BCUT2D eigenvalue weighted by molar-refractivity contribution is 6.31. The molecule has 0 spiro atoms. The van der Waals surface area contributed by atoms with Crippen LogP contribution in [0.2, 0.25) is 10.0 Å². The zero-order valence-corrected chi connectivity index (χ0v) is 21.7. The molecular weight excluding hydrogens is 499 g/mol. The number of anilines is 3. The van der Waals surface area contributed by atoms with Crippen LogP contribution in [0.25, 0.3) is 10.9 Å². The second-order valence-electron chi connectivity index (χ2n) is 9.22. The zero-order valence-electron chi connectivity index (χ0n) is 20.2. The van der Waals surface area contributed by atoms with Crippen molar-refractivity contribution >= 4 is 56.9 Å². The molecule has 4 nitrogen and oxygen atoms in total. The van der Waals surface area contributed by atoms with Crippen molar-refractivity contribution in [3.63, 3.8) is 0 Å². The fourth-order valence-electron chi connectivity index (χ4n) is 4.73. The van der Waals surface area contributed by atoms with E-state index in [0.29, 0.717) is 10.0 Å². The molecule has 1 atom stereocenters. The van der Waals surface area contributed by atoms with Gasteiger partial charge in [-0.15, -0.1) is 0 Å². The van der Waals surface area contributed by atoms with Gasteiger partial charge in [0.2, 0.25) is 0 Å². The largest absolute Gasteiger partial charge is 0.355 e. The molecule has 6 heteroatoms. The van der Waals surface area contributed by atoms with Crippen molar-refractivity contribution in [1.82, 2.24) is 4.98 Å². The Kier molecular flexibility index (Phi) is 6.29. The summed E-state index contributed by atoms with van der Waals surface area (Å²) in [6.07, 6.45) is 2.59. The minimum Gasteiger partial charge on any atom is -0.355 e. The maximum Gasteiger partial charge on any atom is 0.0831 e. The highest BCUT2D eigenvalue weighted by atomic mass is 35.5. The highest BCUT2D eigenvalue weighted by Gasteiger charge is 2.30. The number of aromatic nitrogens is 1. The predicted octanol–water partition coefficient (Wildman–Crippen LogP) is 8.95. The number of hydrazone groups is 1. The molecule has 37 heavy (non-hydrogen) atoms. The normalized spacial score (nSPS) is 15.2. The average Bonchev–Trinajstić information content (AvgIpc) is 3.35. The van der Waals surface area contributed by atoms with Crippen molar-refractivity contribution < 1.29 is 0 Å². The van der Waals surface area contributed by atoms with E-state index in [0.717, 1.165) is 45.7 Å². The quantitative estimate of drug-likeness (QED) is 0.250. The molecule has 0 saturated heterocycles. The third-order valence-corrected chi connectivity index (χ3v) is 7.13. The topological polar surface area (TPSA) is 40.5 Å². The Balaban J connectivity index is 1.34. The SMILES string of the molecule is Cc1ccc(C2CC(c3cccc(Nc4ccnc5cc(Cl)ccc45)c3)=NN2c2ccc(Cl)cc2)cc1. The zero-order chi connectivity index (χ0) is 25.4. The number of halogens is 2. The van der Waals surface area contributed by atoms with E-state index in [1.54, 1.807) is 6.20 Å². The van der Waals surface area contributed by atoms with Crippen molar-refractivity contribution in [1.29, 1.82) is 0 Å². The standard InChI is InChI=1S/C31H24Cl2N4/c1-20-5-7-21(8-6-20)31-19-29(36-37(31)26-12-9-23(32)10-13-26)22-3-2-4-25(17-22)35-28-15-16-34-30-18-24(33)11-14-27(28)30/h2-18,31H,19H2,1H3,(H,34,35). The van der Waals surface area contributed by atoms with Crippen LogP contribution < -0.4 is 10.3 Å². The molecule has 0 radical (unpaired) electrons. The van der Waals surface area contributed by atoms with E-state index in [1.807, 2.05) is 48.5 Å². The van der Waals surface area contributed by atoms with Gasteiger partial charge in [-0.1, -0.05) is 65.2 Å². The first-order valence-corrected chi connectivity index (χ1v) is 12.9. The number of aryl methyl sites for hydroxylation is 1. The van der Waals surface area contributed by atoms with Crippen LogP contribution in [0.4, 0.5) is 17.1 Å². The van der Waals surface area contributed by atoms with Gasteiger partial charge in [0.05, 0.1) is 23.0 Å². The molecule has 1 aromatic heterocycles. The number of hydrogen-bond donors (Lipinski definition) is 1. The van der Waals surface area contributed by atoms with Gasteiger partial charge in [0.25, 0.3) is 0 Å². The fourth-order valence-corrected chi connectivity index (χ4v) is 5.02. The summed E-state index contributed by atoms with van der Waals surface area (Å²) < 4.78 is 0. The van der Waals surface area contributed by atoms with Gasteiger partial charge < -0.3 is 5.32 Å². The minimum absolute atomic E-state index is 0.0993. The Bertz CT molecular complexity index is 1610. The molecule has 0 fully saturated rings. The van der Waals surface area contributed by atoms with E-state index in [-0.39, 0.29) is 6.04 Å². The van der Waals surface area contributed by atoms with E-state index >= 15 is 0 Å². The molecule has 6 rings (SSSR count). The van der Waals surface area contributed by atoms with Crippen LogP contribution in [0, 0.1) is 6.92 Å². The molecule has 5 aromatic rings. The third-order valence-electron chi connectivity index (χ3n) is 6.64. The summed E-state index contributed by atoms with van der Waals surface area (Å²) in [5, 5.41) is 13.2. The molecule has 0 saturated carbocycles. The van der Waals surface area contributed by atoms with Crippen LogP contribution in [0.1, 0.15) is 29.2 Å². The third kappa shape index (κ3) is 4.91. The van der Waals surface area contributed by atoms with Crippen molar-refractivity contribution in [2.45, 2.75) is 19.4 Å². The van der Waals surface area contributed by atoms with E-state index in [2.05, 4.69) is 70.8 Å². The van der Waals surface area contributed by atoms with E-state index < -0.39 is 0 Å². The number of nitrogens with zero attached hydrogens (tertiary/aromatic N) is 3. The molecule has 1 N–H and O–H groups in total. The van der Waals surface area contributed by atoms with Crippen LogP contribution in [-0.2, 0) is 0 Å². The van der Waals surface area contributed by atoms with Gasteiger partial charge in [-0.25, -0.2) is 0 Å². The number of pyridine rings is 1. The molecule has 0 aliphatic carbocycles. The predicted molar refractivity (Wildman–Crippen MR) is 155 cm³/mol. The van der Waals surface area contributed by atoms with Crippen LogP contribution in [0.3, 0.4) is 0 Å². The molecule has 4 aromatic carbocycles. The Morgan fingerprint density at radius 3 is 2.43 bits per heavy atom. The summed E-state index contributed by atoms with van der Waals surface area (Å²) in [4.78, 5) is 4.45. The maximum atomic E-state index is 6.17.